The van der Waals surface area contributed by atoms with Crippen LogP contribution in [-0.4, -0.2) is 30.0 Å². The summed E-state index contributed by atoms with van der Waals surface area (Å²) in [5.74, 6) is 0.542. The molecule has 0 amide bonds. The van der Waals surface area contributed by atoms with E-state index in [0.717, 1.165) is 13.0 Å². The SMILES string of the molecule is O=C(c1ccccc1)c1ccc(OCC2CCCN2)nc1. The summed E-state index contributed by atoms with van der Waals surface area (Å²) in [4.78, 5) is 16.4. The number of hydrogen-bond donors (Lipinski definition) is 1. The van der Waals surface area contributed by atoms with E-state index in [4.69, 9.17) is 4.74 Å². The Morgan fingerprint density at radius 2 is 2.05 bits per heavy atom. The first-order chi connectivity index (χ1) is 10.3. The highest BCUT2D eigenvalue weighted by Gasteiger charge is 2.15. The smallest absolute Gasteiger partial charge is 0.213 e. The number of aromatic nitrogens is 1. The second-order valence-corrected chi connectivity index (χ2v) is 5.18. The molecule has 3 rings (SSSR count). The van der Waals surface area contributed by atoms with Gasteiger partial charge in [-0.15, -0.1) is 0 Å². The predicted octanol–water partition coefficient (Wildman–Crippen LogP) is 2.44. The second kappa shape index (κ2) is 6.50. The highest BCUT2D eigenvalue weighted by molar-refractivity contribution is 6.08. The van der Waals surface area contributed by atoms with Crippen molar-refractivity contribution in [3.05, 3.63) is 59.8 Å². The maximum absolute atomic E-state index is 12.2. The van der Waals surface area contributed by atoms with Crippen LogP contribution in [0.4, 0.5) is 0 Å². The number of ether oxygens (including phenoxy) is 1. The monoisotopic (exact) mass is 282 g/mol. The van der Waals surface area contributed by atoms with Crippen molar-refractivity contribution in [1.29, 1.82) is 0 Å². The van der Waals surface area contributed by atoms with Crippen LogP contribution in [0.5, 0.6) is 5.88 Å². The van der Waals surface area contributed by atoms with Gasteiger partial charge in [-0.2, -0.15) is 0 Å². The van der Waals surface area contributed by atoms with Crippen molar-refractivity contribution in [3.8, 4) is 5.88 Å². The highest BCUT2D eigenvalue weighted by Crippen LogP contribution is 2.13. The van der Waals surface area contributed by atoms with Gasteiger partial charge in [0.1, 0.15) is 6.61 Å². The van der Waals surface area contributed by atoms with Gasteiger partial charge in [0.05, 0.1) is 0 Å². The van der Waals surface area contributed by atoms with Crippen LogP contribution >= 0.6 is 0 Å². The number of rotatable bonds is 5. The van der Waals surface area contributed by atoms with Gasteiger partial charge in [0, 0.05) is 29.4 Å². The summed E-state index contributed by atoms with van der Waals surface area (Å²) in [6.07, 6.45) is 3.92. The summed E-state index contributed by atoms with van der Waals surface area (Å²) in [7, 11) is 0. The van der Waals surface area contributed by atoms with E-state index >= 15 is 0 Å². The van der Waals surface area contributed by atoms with Gasteiger partial charge in [-0.3, -0.25) is 4.79 Å². The first-order valence-electron chi connectivity index (χ1n) is 7.25. The quantitative estimate of drug-likeness (QED) is 0.856. The molecule has 1 N–H and O–H groups in total. The molecule has 0 radical (unpaired) electrons. The van der Waals surface area contributed by atoms with Crippen LogP contribution in [0, 0.1) is 0 Å². The van der Waals surface area contributed by atoms with Crippen LogP contribution in [0.1, 0.15) is 28.8 Å². The number of hydrogen-bond acceptors (Lipinski definition) is 4. The molecular weight excluding hydrogens is 264 g/mol. The molecule has 1 aromatic heterocycles. The molecule has 0 spiro atoms. The predicted molar refractivity (Wildman–Crippen MR) is 80.6 cm³/mol. The van der Waals surface area contributed by atoms with Gasteiger partial charge >= 0.3 is 0 Å². The van der Waals surface area contributed by atoms with Crippen molar-refractivity contribution in [2.75, 3.05) is 13.2 Å². The van der Waals surface area contributed by atoms with E-state index in [-0.39, 0.29) is 5.78 Å². The summed E-state index contributed by atoms with van der Waals surface area (Å²) in [5, 5.41) is 3.37. The Morgan fingerprint density at radius 3 is 2.71 bits per heavy atom. The Kier molecular flexibility index (Phi) is 4.26. The van der Waals surface area contributed by atoms with Crippen LogP contribution < -0.4 is 10.1 Å². The number of nitrogens with zero attached hydrogens (tertiary/aromatic N) is 1. The first kappa shape index (κ1) is 13.8. The average molecular weight is 282 g/mol. The lowest BCUT2D eigenvalue weighted by molar-refractivity contribution is 0.103. The summed E-state index contributed by atoms with van der Waals surface area (Å²) in [6.45, 7) is 1.69. The van der Waals surface area contributed by atoms with Crippen LogP contribution in [0.15, 0.2) is 48.7 Å². The highest BCUT2D eigenvalue weighted by atomic mass is 16.5. The maximum atomic E-state index is 12.2. The first-order valence-corrected chi connectivity index (χ1v) is 7.25. The van der Waals surface area contributed by atoms with E-state index in [2.05, 4.69) is 10.3 Å². The number of benzene rings is 1. The molecule has 0 aliphatic carbocycles. The van der Waals surface area contributed by atoms with E-state index in [0.29, 0.717) is 29.7 Å². The second-order valence-electron chi connectivity index (χ2n) is 5.18. The summed E-state index contributed by atoms with van der Waals surface area (Å²) in [6, 6.07) is 13.1. The normalized spacial score (nSPS) is 17.6. The molecule has 1 aliphatic rings. The summed E-state index contributed by atoms with van der Waals surface area (Å²) < 4.78 is 5.65. The molecule has 1 aromatic carbocycles. The average Bonchev–Trinajstić information content (AvgIpc) is 3.07. The van der Waals surface area contributed by atoms with Gasteiger partial charge in [-0.25, -0.2) is 4.98 Å². The van der Waals surface area contributed by atoms with Gasteiger partial charge in [0.2, 0.25) is 5.88 Å². The maximum Gasteiger partial charge on any atom is 0.213 e. The molecule has 1 atom stereocenters. The lowest BCUT2D eigenvalue weighted by atomic mass is 10.1. The Labute approximate surface area is 124 Å². The van der Waals surface area contributed by atoms with E-state index < -0.39 is 0 Å². The Bertz CT molecular complexity index is 590. The zero-order valence-corrected chi connectivity index (χ0v) is 11.8. The fourth-order valence-corrected chi connectivity index (χ4v) is 2.44. The number of carbonyl (C=O) groups excluding carboxylic acids is 1. The van der Waals surface area contributed by atoms with Gasteiger partial charge in [0.15, 0.2) is 5.78 Å². The van der Waals surface area contributed by atoms with Crippen molar-refractivity contribution in [2.45, 2.75) is 18.9 Å². The lowest BCUT2D eigenvalue weighted by Gasteiger charge is -2.11. The fourth-order valence-electron chi connectivity index (χ4n) is 2.44. The van der Waals surface area contributed by atoms with Gasteiger partial charge in [0.25, 0.3) is 0 Å². The van der Waals surface area contributed by atoms with Crippen LogP contribution in [0.3, 0.4) is 0 Å². The minimum absolute atomic E-state index is 0.0212. The van der Waals surface area contributed by atoms with E-state index in [9.17, 15) is 4.79 Å². The molecule has 2 heterocycles. The largest absolute Gasteiger partial charge is 0.476 e. The van der Waals surface area contributed by atoms with Crippen LogP contribution in [0.25, 0.3) is 0 Å². The van der Waals surface area contributed by atoms with E-state index in [1.165, 1.54) is 6.42 Å². The zero-order chi connectivity index (χ0) is 14.5. The van der Waals surface area contributed by atoms with Crippen molar-refractivity contribution >= 4 is 5.78 Å². The Hall–Kier alpha value is -2.20. The number of carbonyl (C=O) groups is 1. The van der Waals surface area contributed by atoms with Gasteiger partial charge < -0.3 is 10.1 Å². The van der Waals surface area contributed by atoms with Crippen molar-refractivity contribution < 1.29 is 9.53 Å². The minimum Gasteiger partial charge on any atom is -0.476 e. The zero-order valence-electron chi connectivity index (χ0n) is 11.8. The Balaban J connectivity index is 1.62. The van der Waals surface area contributed by atoms with Crippen molar-refractivity contribution in [2.24, 2.45) is 0 Å². The molecule has 4 nitrogen and oxygen atoms in total. The third kappa shape index (κ3) is 3.47. The molecule has 1 aliphatic heterocycles. The third-order valence-electron chi connectivity index (χ3n) is 3.63. The van der Waals surface area contributed by atoms with Crippen molar-refractivity contribution in [1.82, 2.24) is 10.3 Å². The molecule has 0 saturated carbocycles. The molecule has 108 valence electrons. The van der Waals surface area contributed by atoms with Crippen LogP contribution in [-0.2, 0) is 0 Å². The molecule has 2 aromatic rings. The van der Waals surface area contributed by atoms with Gasteiger partial charge in [-0.05, 0) is 25.5 Å². The lowest BCUT2D eigenvalue weighted by Crippen LogP contribution is -2.28. The fraction of sp³-hybridized carbons (Fsp3) is 0.294. The molecular formula is C17H18N2O2. The van der Waals surface area contributed by atoms with Crippen LogP contribution in [0.2, 0.25) is 0 Å². The molecule has 21 heavy (non-hydrogen) atoms. The summed E-state index contributed by atoms with van der Waals surface area (Å²) >= 11 is 0. The van der Waals surface area contributed by atoms with Crippen molar-refractivity contribution in [3.63, 3.8) is 0 Å². The molecule has 0 bridgehead atoms. The van der Waals surface area contributed by atoms with E-state index in [1.54, 1.807) is 30.5 Å². The molecule has 1 saturated heterocycles. The summed E-state index contributed by atoms with van der Waals surface area (Å²) in [5.41, 5.74) is 1.25. The molecule has 1 unspecified atom stereocenters. The molecule has 1 fully saturated rings. The Morgan fingerprint density at radius 1 is 1.19 bits per heavy atom. The number of pyridine rings is 1. The minimum atomic E-state index is -0.0212. The number of nitrogens with one attached hydrogen (secondary N) is 1. The molecule has 4 heteroatoms. The third-order valence-corrected chi connectivity index (χ3v) is 3.63. The van der Waals surface area contributed by atoms with E-state index in [1.807, 2.05) is 18.2 Å². The van der Waals surface area contributed by atoms with Gasteiger partial charge in [-0.1, -0.05) is 30.3 Å². The topological polar surface area (TPSA) is 51.2 Å². The standard InChI is InChI=1S/C17H18N2O2/c20-17(13-5-2-1-3-6-13)14-8-9-16(19-11-14)21-12-15-7-4-10-18-15/h1-3,5-6,8-9,11,15,18H,4,7,10,12H2. The number of ketones is 1.